The van der Waals surface area contributed by atoms with Gasteiger partial charge in [0.15, 0.2) is 0 Å². The minimum absolute atomic E-state index is 0.246. The molecule has 0 radical (unpaired) electrons. The number of fused-ring (bicyclic) bond motifs is 5. The summed E-state index contributed by atoms with van der Waals surface area (Å²) in [7, 11) is 0. The van der Waals surface area contributed by atoms with Gasteiger partial charge in [0, 0.05) is 95.7 Å². The summed E-state index contributed by atoms with van der Waals surface area (Å²) in [5, 5.41) is 0. The summed E-state index contributed by atoms with van der Waals surface area (Å²) in [6, 6.07) is 31.8. The Kier molecular flexibility index (Phi) is 15.6. The maximum atomic E-state index is 2.86. The highest BCUT2D eigenvalue weighted by atomic mass is 15.3. The molecular weight excluding hydrogens is 1030 g/mol. The number of nitrogens with zero attached hydrogens (tertiary/aromatic N) is 4. The van der Waals surface area contributed by atoms with Gasteiger partial charge in [-0.2, -0.15) is 0 Å². The molecule has 12 fully saturated rings. The minimum Gasteiger partial charge on any atom is -0.368 e. The maximum absolute atomic E-state index is 2.86. The predicted octanol–water partition coefficient (Wildman–Crippen LogP) is 18.6. The van der Waals surface area contributed by atoms with E-state index in [1.807, 2.05) is 0 Å². The molecule has 0 spiro atoms. The first-order valence-electron chi connectivity index (χ1n) is 34.5. The molecule has 4 heteroatoms. The third-order valence-electron chi connectivity index (χ3n) is 27.1. The summed E-state index contributed by atoms with van der Waals surface area (Å²) < 4.78 is 0. The monoisotopic (exact) mass is 1140 g/mol. The lowest BCUT2D eigenvalue weighted by molar-refractivity contribution is -0.157. The highest BCUT2D eigenvalue weighted by Gasteiger charge is 2.62. The van der Waals surface area contributed by atoms with Crippen molar-refractivity contribution in [3.8, 4) is 0 Å². The summed E-state index contributed by atoms with van der Waals surface area (Å²) in [6.45, 7) is 56.3. The van der Waals surface area contributed by atoms with Crippen molar-refractivity contribution < 1.29 is 0 Å². The highest BCUT2D eigenvalue weighted by Crippen LogP contribution is 2.63. The molecule has 10 saturated heterocycles. The summed E-state index contributed by atoms with van der Waals surface area (Å²) in [6.07, 6.45) is 12.6. The van der Waals surface area contributed by atoms with Crippen molar-refractivity contribution in [2.24, 2.45) is 29.1 Å². The number of anilines is 1. The van der Waals surface area contributed by atoms with Gasteiger partial charge in [0.1, 0.15) is 0 Å². The fraction of sp³-hybridized carbons (Fsp3) is 0.630. The predicted molar refractivity (Wildman–Crippen MR) is 363 cm³/mol. The molecule has 0 amide bonds. The molecule has 14 aliphatic rings. The van der Waals surface area contributed by atoms with E-state index >= 15 is 0 Å². The van der Waals surface area contributed by atoms with Crippen LogP contribution in [0.2, 0.25) is 0 Å². The van der Waals surface area contributed by atoms with E-state index in [0.29, 0.717) is 51.7 Å². The molecule has 16 atom stereocenters. The SMILES string of the molecule is Cc1cc(C)c(C)c(C23CC4CC(C2)C(C)(C)N(C4)C3C)c1.Cc1cc(C)c(C)c(C23CC4CC(CN(C4)C2C)C3)c1.Cc1cc(C)c(C)c(C2C(C)N3CCC2(C)CC3C)c1.Cc1cc(C)c(C)c(C2C(C)N3CCC2(C)c2ccccc23)c1. The third-order valence-corrected chi connectivity index (χ3v) is 27.1. The number of rotatable bonds is 4. The quantitative estimate of drug-likeness (QED) is 0.178. The number of para-hydroxylation sites is 1. The maximum Gasteiger partial charge on any atom is 0.0407 e. The van der Waals surface area contributed by atoms with E-state index in [0.717, 1.165) is 35.8 Å². The Hall–Kier alpha value is -4.22. The second-order valence-corrected chi connectivity index (χ2v) is 32.6. The Bertz CT molecular complexity index is 3360. The Balaban J connectivity index is 0.000000111. The van der Waals surface area contributed by atoms with Gasteiger partial charge in [0.2, 0.25) is 0 Å². The van der Waals surface area contributed by atoms with E-state index in [4.69, 9.17) is 0 Å². The molecule has 12 bridgehead atoms. The lowest BCUT2D eigenvalue weighted by atomic mass is 9.49. The van der Waals surface area contributed by atoms with Gasteiger partial charge in [-0.3, -0.25) is 14.7 Å². The Morgan fingerprint density at radius 2 is 0.941 bits per heavy atom. The van der Waals surface area contributed by atoms with Crippen molar-refractivity contribution in [3.63, 3.8) is 0 Å². The van der Waals surface area contributed by atoms with E-state index < -0.39 is 0 Å². The number of piperidine rings is 10. The second kappa shape index (κ2) is 21.8. The molecule has 458 valence electrons. The summed E-state index contributed by atoms with van der Waals surface area (Å²) in [5.74, 6) is 4.98. The molecule has 19 rings (SSSR count). The van der Waals surface area contributed by atoms with Crippen molar-refractivity contribution >= 4 is 5.69 Å². The van der Waals surface area contributed by atoms with E-state index in [-0.39, 0.29) is 5.41 Å². The molecule has 2 aliphatic carbocycles. The Morgan fingerprint density at radius 3 is 1.48 bits per heavy atom. The van der Waals surface area contributed by atoms with Crippen molar-refractivity contribution in [2.75, 3.05) is 37.6 Å². The van der Waals surface area contributed by atoms with Gasteiger partial charge in [-0.25, -0.2) is 0 Å². The van der Waals surface area contributed by atoms with Crippen LogP contribution in [0.5, 0.6) is 0 Å². The van der Waals surface area contributed by atoms with Crippen LogP contribution in [0.1, 0.15) is 227 Å². The number of aryl methyl sites for hydroxylation is 8. The molecule has 12 heterocycles. The number of benzene rings is 5. The van der Waals surface area contributed by atoms with Crippen molar-refractivity contribution in [1.29, 1.82) is 0 Å². The van der Waals surface area contributed by atoms with Gasteiger partial charge in [-0.1, -0.05) is 103 Å². The van der Waals surface area contributed by atoms with Crippen LogP contribution >= 0.6 is 0 Å². The molecule has 85 heavy (non-hydrogen) atoms. The van der Waals surface area contributed by atoms with Crippen LogP contribution in [0.4, 0.5) is 5.69 Å². The fourth-order valence-corrected chi connectivity index (χ4v) is 22.6. The normalized spacial score (nSPS) is 38.0. The molecule has 16 unspecified atom stereocenters. The van der Waals surface area contributed by atoms with E-state index in [9.17, 15) is 0 Å². The largest absolute Gasteiger partial charge is 0.368 e. The molecule has 2 saturated carbocycles. The first-order valence-corrected chi connectivity index (χ1v) is 34.5. The van der Waals surface area contributed by atoms with Gasteiger partial charge < -0.3 is 4.90 Å². The van der Waals surface area contributed by atoms with Crippen LogP contribution in [0.3, 0.4) is 0 Å². The lowest BCUT2D eigenvalue weighted by Crippen LogP contribution is -2.73. The smallest absolute Gasteiger partial charge is 0.0407 e. The minimum atomic E-state index is 0.246. The topological polar surface area (TPSA) is 13.0 Å². The number of hydrogen-bond acceptors (Lipinski definition) is 4. The zero-order valence-corrected chi connectivity index (χ0v) is 57.5. The zero-order chi connectivity index (χ0) is 60.9. The van der Waals surface area contributed by atoms with E-state index in [2.05, 4.69) is 238 Å². The first-order chi connectivity index (χ1) is 40.0. The fourth-order valence-electron chi connectivity index (χ4n) is 22.6. The van der Waals surface area contributed by atoms with Crippen molar-refractivity contribution in [2.45, 2.75) is 267 Å². The highest BCUT2D eigenvalue weighted by molar-refractivity contribution is 5.65. The summed E-state index contributed by atoms with van der Waals surface area (Å²) >= 11 is 0. The number of hydrogen-bond donors (Lipinski definition) is 0. The molecule has 5 aromatic carbocycles. The molecule has 5 aromatic rings. The van der Waals surface area contributed by atoms with Gasteiger partial charge in [-0.05, 0) is 303 Å². The summed E-state index contributed by atoms with van der Waals surface area (Å²) in [5.41, 5.74) is 29.2. The Morgan fingerprint density at radius 1 is 0.447 bits per heavy atom. The molecule has 12 aliphatic heterocycles. The standard InChI is InChI=1S/C22H27N.C21H31N.C19H27N.C19H29N/c1-14-12-15(2)16(3)18(13-14)21-17(4)23-11-10-22(21,5)19-8-6-7-9-20(19)23;1-13-7-14(2)15(3)19(8-13)21-10-17-9-18(11-21)20(5,6)22(12-17)16(21)4;1-12-5-13(2)14(3)18(6-12)19-8-16-7-17(9-19)11-20(10-16)15(19)4;1-12-9-13(2)15(4)17(10-12)18-16(5)20-8-7-19(18,6)11-14(20)3/h6-9,12-13,17,21H,10-11H2,1-5H3;7-8,16-18H,9-12H2,1-6H3;5-6,15-17H,7-11H2,1-4H3;9-10,14,16,18H,7-8,11H2,1-6H3. The third kappa shape index (κ3) is 9.81. The zero-order valence-electron chi connectivity index (χ0n) is 57.5. The Labute approximate surface area is 518 Å². The average Bonchev–Trinajstić information content (AvgIpc) is 0.752. The van der Waals surface area contributed by atoms with Crippen LogP contribution in [0, 0.1) is 112 Å². The second-order valence-electron chi connectivity index (χ2n) is 32.6. The van der Waals surface area contributed by atoms with Crippen LogP contribution in [-0.4, -0.2) is 83.2 Å². The first kappa shape index (κ1) is 61.0. The van der Waals surface area contributed by atoms with Crippen LogP contribution in [0.25, 0.3) is 0 Å². The molecule has 0 N–H and O–H groups in total. The van der Waals surface area contributed by atoms with Gasteiger partial charge >= 0.3 is 0 Å². The average molecular weight is 1140 g/mol. The van der Waals surface area contributed by atoms with E-state index in [1.54, 1.807) is 38.9 Å². The van der Waals surface area contributed by atoms with E-state index in [1.165, 1.54) is 152 Å². The van der Waals surface area contributed by atoms with Gasteiger partial charge in [0.05, 0.1) is 0 Å². The van der Waals surface area contributed by atoms with Gasteiger partial charge in [-0.15, -0.1) is 0 Å². The van der Waals surface area contributed by atoms with Crippen LogP contribution in [0.15, 0.2) is 72.8 Å². The van der Waals surface area contributed by atoms with Crippen LogP contribution in [-0.2, 0) is 16.2 Å². The summed E-state index contributed by atoms with van der Waals surface area (Å²) in [4.78, 5) is 11.0. The van der Waals surface area contributed by atoms with Crippen molar-refractivity contribution in [3.05, 3.63) is 167 Å². The van der Waals surface area contributed by atoms with Crippen LogP contribution < -0.4 is 4.90 Å². The van der Waals surface area contributed by atoms with Crippen molar-refractivity contribution in [1.82, 2.24) is 14.7 Å². The molecule has 0 aromatic heterocycles. The lowest BCUT2D eigenvalue weighted by Gasteiger charge is -2.69. The molecule has 4 nitrogen and oxygen atoms in total. The molecular formula is C81H114N4. The van der Waals surface area contributed by atoms with Gasteiger partial charge in [0.25, 0.3) is 0 Å².